The first-order chi connectivity index (χ1) is 13.6. The summed E-state index contributed by atoms with van der Waals surface area (Å²) in [6.07, 6.45) is 0. The van der Waals surface area contributed by atoms with Crippen molar-refractivity contribution in [2.24, 2.45) is 0 Å². The predicted octanol–water partition coefficient (Wildman–Crippen LogP) is 6.57. The zero-order chi connectivity index (χ0) is 19.5. The Morgan fingerprint density at radius 2 is 1.68 bits per heavy atom. The molecule has 1 heterocycles. The van der Waals surface area contributed by atoms with E-state index in [1.165, 1.54) is 0 Å². The number of nitrogens with one attached hydrogen (secondary N) is 1. The molecule has 3 aromatic rings. The summed E-state index contributed by atoms with van der Waals surface area (Å²) in [6.45, 7) is 1.03. The highest BCUT2D eigenvalue weighted by Gasteiger charge is 2.14. The van der Waals surface area contributed by atoms with Crippen molar-refractivity contribution in [3.63, 3.8) is 0 Å². The average Bonchev–Trinajstić information content (AvgIpc) is 3.15. The van der Waals surface area contributed by atoms with Gasteiger partial charge in [0.05, 0.1) is 0 Å². The number of halogens is 3. The molecule has 0 fully saturated rings. The molecule has 0 unspecified atom stereocenters. The molecule has 0 aromatic heterocycles. The topological polar surface area (TPSA) is 39.7 Å². The van der Waals surface area contributed by atoms with Crippen LogP contribution in [0.15, 0.2) is 54.6 Å². The van der Waals surface area contributed by atoms with Gasteiger partial charge in [0, 0.05) is 44.5 Å². The van der Waals surface area contributed by atoms with E-state index in [0.717, 1.165) is 28.3 Å². The molecular formula is C21H16Cl3NO3. The van der Waals surface area contributed by atoms with E-state index in [4.69, 9.17) is 49.0 Å². The zero-order valence-corrected chi connectivity index (χ0v) is 16.9. The Kier molecular flexibility index (Phi) is 5.72. The lowest BCUT2D eigenvalue weighted by Crippen LogP contribution is -2.04. The van der Waals surface area contributed by atoms with Crippen molar-refractivity contribution < 1.29 is 14.2 Å². The van der Waals surface area contributed by atoms with Gasteiger partial charge >= 0.3 is 0 Å². The van der Waals surface area contributed by atoms with Gasteiger partial charge in [0.15, 0.2) is 11.5 Å². The highest BCUT2D eigenvalue weighted by molar-refractivity contribution is 6.36. The molecule has 0 amide bonds. The van der Waals surface area contributed by atoms with Gasteiger partial charge in [0.1, 0.15) is 12.4 Å². The molecule has 4 nitrogen and oxygen atoms in total. The largest absolute Gasteiger partial charge is 0.488 e. The molecule has 0 radical (unpaired) electrons. The average molecular weight is 437 g/mol. The van der Waals surface area contributed by atoms with E-state index < -0.39 is 0 Å². The molecule has 4 rings (SSSR count). The summed E-state index contributed by atoms with van der Waals surface area (Å²) in [7, 11) is 0. The molecule has 0 saturated carbocycles. The third-order valence-corrected chi connectivity index (χ3v) is 5.26. The highest BCUT2D eigenvalue weighted by atomic mass is 35.5. The van der Waals surface area contributed by atoms with Crippen LogP contribution in [0.5, 0.6) is 17.2 Å². The second kappa shape index (κ2) is 8.39. The first kappa shape index (κ1) is 19.1. The van der Waals surface area contributed by atoms with Crippen LogP contribution in [0.25, 0.3) is 0 Å². The van der Waals surface area contributed by atoms with Crippen molar-refractivity contribution in [1.29, 1.82) is 0 Å². The Morgan fingerprint density at radius 1 is 0.893 bits per heavy atom. The van der Waals surface area contributed by atoms with Crippen LogP contribution in [-0.4, -0.2) is 6.79 Å². The van der Waals surface area contributed by atoms with Crippen LogP contribution in [0.1, 0.15) is 11.1 Å². The molecule has 1 N–H and O–H groups in total. The van der Waals surface area contributed by atoms with E-state index in [1.807, 2.05) is 30.3 Å². The quantitative estimate of drug-likeness (QED) is 0.474. The Hall–Kier alpha value is -2.27. The summed E-state index contributed by atoms with van der Waals surface area (Å²) < 4.78 is 16.7. The van der Waals surface area contributed by atoms with Gasteiger partial charge in [-0.3, -0.25) is 0 Å². The monoisotopic (exact) mass is 435 g/mol. The maximum absolute atomic E-state index is 6.23. The molecule has 0 atom stereocenters. The number of hydrogen-bond donors (Lipinski definition) is 1. The number of anilines is 1. The Morgan fingerprint density at radius 3 is 2.50 bits per heavy atom. The summed E-state index contributed by atoms with van der Waals surface area (Å²) in [6, 6.07) is 16.6. The summed E-state index contributed by atoms with van der Waals surface area (Å²) >= 11 is 18.6. The zero-order valence-electron chi connectivity index (χ0n) is 14.7. The van der Waals surface area contributed by atoms with Crippen LogP contribution in [0.4, 0.5) is 5.69 Å². The Bertz CT molecular complexity index is 990. The fourth-order valence-corrected chi connectivity index (χ4v) is 3.55. The molecule has 7 heteroatoms. The predicted molar refractivity (Wildman–Crippen MR) is 112 cm³/mol. The van der Waals surface area contributed by atoms with Gasteiger partial charge in [-0.25, -0.2) is 0 Å². The third kappa shape index (κ3) is 4.25. The van der Waals surface area contributed by atoms with Crippen molar-refractivity contribution in [1.82, 2.24) is 0 Å². The normalized spacial score (nSPS) is 12.1. The number of fused-ring (bicyclic) bond motifs is 1. The van der Waals surface area contributed by atoms with Crippen LogP contribution in [0, 0.1) is 0 Å². The van der Waals surface area contributed by atoms with Crippen LogP contribution in [0.2, 0.25) is 15.1 Å². The van der Waals surface area contributed by atoms with Gasteiger partial charge in [-0.15, -0.1) is 0 Å². The van der Waals surface area contributed by atoms with Crippen molar-refractivity contribution in [3.05, 3.63) is 80.8 Å². The van der Waals surface area contributed by atoms with Crippen molar-refractivity contribution in [3.8, 4) is 17.2 Å². The minimum atomic E-state index is 0.246. The molecule has 3 aromatic carbocycles. The first-order valence-electron chi connectivity index (χ1n) is 8.58. The van der Waals surface area contributed by atoms with Gasteiger partial charge in [-0.05, 0) is 42.5 Å². The van der Waals surface area contributed by atoms with E-state index in [2.05, 4.69) is 5.32 Å². The maximum Gasteiger partial charge on any atom is 0.231 e. The highest BCUT2D eigenvalue weighted by Crippen LogP contribution is 2.35. The molecule has 0 spiro atoms. The lowest BCUT2D eigenvalue weighted by Gasteiger charge is -2.15. The lowest BCUT2D eigenvalue weighted by atomic mass is 10.2. The fraction of sp³-hybridized carbons (Fsp3) is 0.143. The Balaban J connectivity index is 1.49. The maximum atomic E-state index is 6.23. The molecule has 1 aliphatic rings. The second-order valence-electron chi connectivity index (χ2n) is 6.16. The number of hydrogen-bond acceptors (Lipinski definition) is 4. The van der Waals surface area contributed by atoms with E-state index in [1.54, 1.807) is 24.3 Å². The first-order valence-corrected chi connectivity index (χ1v) is 9.71. The number of ether oxygens (including phenoxy) is 3. The van der Waals surface area contributed by atoms with Gasteiger partial charge < -0.3 is 19.5 Å². The van der Waals surface area contributed by atoms with Crippen LogP contribution in [0.3, 0.4) is 0 Å². The minimum Gasteiger partial charge on any atom is -0.488 e. The molecule has 28 heavy (non-hydrogen) atoms. The SMILES string of the molecule is Clc1ccc(OCc2c(Cl)cccc2Cl)c(CNc2ccc3c(c2)OCO3)c1. The standard InChI is InChI=1S/C21H16Cl3NO3/c22-14-4-6-19(26-11-16-17(23)2-1-3-18(16)24)13(8-14)10-25-15-5-7-20-21(9-15)28-12-27-20/h1-9,25H,10-12H2. The lowest BCUT2D eigenvalue weighted by molar-refractivity contribution is 0.174. The van der Waals surface area contributed by atoms with Crippen molar-refractivity contribution >= 4 is 40.5 Å². The van der Waals surface area contributed by atoms with Crippen LogP contribution >= 0.6 is 34.8 Å². The van der Waals surface area contributed by atoms with Crippen LogP contribution < -0.4 is 19.5 Å². The molecule has 0 bridgehead atoms. The van der Waals surface area contributed by atoms with Crippen LogP contribution in [-0.2, 0) is 13.2 Å². The number of benzene rings is 3. The van der Waals surface area contributed by atoms with E-state index in [-0.39, 0.29) is 13.4 Å². The summed E-state index contributed by atoms with van der Waals surface area (Å²) in [5.41, 5.74) is 2.56. The molecule has 1 aliphatic heterocycles. The minimum absolute atomic E-state index is 0.246. The molecule has 144 valence electrons. The van der Waals surface area contributed by atoms with Gasteiger partial charge in [-0.2, -0.15) is 0 Å². The summed E-state index contributed by atoms with van der Waals surface area (Å²) in [4.78, 5) is 0. The Labute approximate surface area is 177 Å². The van der Waals surface area contributed by atoms with Gasteiger partial charge in [0.2, 0.25) is 6.79 Å². The van der Waals surface area contributed by atoms with Crippen molar-refractivity contribution in [2.45, 2.75) is 13.2 Å². The second-order valence-corrected chi connectivity index (χ2v) is 7.41. The molecular weight excluding hydrogens is 421 g/mol. The third-order valence-electron chi connectivity index (χ3n) is 4.31. The fourth-order valence-electron chi connectivity index (χ4n) is 2.85. The van der Waals surface area contributed by atoms with Crippen molar-refractivity contribution in [2.75, 3.05) is 12.1 Å². The van der Waals surface area contributed by atoms with E-state index >= 15 is 0 Å². The number of rotatable bonds is 6. The summed E-state index contributed by atoms with van der Waals surface area (Å²) in [5, 5.41) is 5.12. The molecule has 0 aliphatic carbocycles. The molecule has 0 saturated heterocycles. The van der Waals surface area contributed by atoms with E-state index in [0.29, 0.717) is 27.4 Å². The van der Waals surface area contributed by atoms with Gasteiger partial charge in [-0.1, -0.05) is 40.9 Å². The van der Waals surface area contributed by atoms with Gasteiger partial charge in [0.25, 0.3) is 0 Å². The smallest absolute Gasteiger partial charge is 0.231 e. The summed E-state index contributed by atoms with van der Waals surface area (Å²) in [5.74, 6) is 2.17. The van der Waals surface area contributed by atoms with E-state index in [9.17, 15) is 0 Å².